The summed E-state index contributed by atoms with van der Waals surface area (Å²) in [6.45, 7) is 2.83. The van der Waals surface area contributed by atoms with Crippen LogP contribution in [0.4, 0.5) is 0 Å². The normalized spacial score (nSPS) is 18.2. The van der Waals surface area contributed by atoms with Crippen molar-refractivity contribution in [3.63, 3.8) is 0 Å². The number of amides is 1. The van der Waals surface area contributed by atoms with Gasteiger partial charge in [-0.3, -0.25) is 14.4 Å². The number of benzene rings is 1. The van der Waals surface area contributed by atoms with Gasteiger partial charge in [-0.15, -0.1) is 5.10 Å². The second kappa shape index (κ2) is 8.37. The van der Waals surface area contributed by atoms with E-state index in [1.807, 2.05) is 6.07 Å². The van der Waals surface area contributed by atoms with Crippen molar-refractivity contribution < 1.29 is 24.1 Å². The van der Waals surface area contributed by atoms with Gasteiger partial charge in [-0.2, -0.15) is 0 Å². The number of nitrogens with one attached hydrogen (secondary N) is 2. The van der Waals surface area contributed by atoms with Gasteiger partial charge in [0.15, 0.2) is 17.3 Å². The van der Waals surface area contributed by atoms with E-state index in [1.54, 1.807) is 12.1 Å². The van der Waals surface area contributed by atoms with Gasteiger partial charge in [0, 0.05) is 25.3 Å². The number of hydrogen-bond acceptors (Lipinski definition) is 8. The molecular weight excluding hydrogens is 389 g/mol. The Bertz CT molecular complexity index is 989. The topological polar surface area (TPSA) is 135 Å². The third kappa shape index (κ3) is 4.26. The summed E-state index contributed by atoms with van der Waals surface area (Å²) in [4.78, 5) is 36.3. The fraction of sp³-hybridized carbons (Fsp3) is 0.421. The van der Waals surface area contributed by atoms with Crippen LogP contribution in [0.3, 0.4) is 0 Å². The number of ketones is 2. The van der Waals surface area contributed by atoms with E-state index in [9.17, 15) is 19.4 Å². The Hall–Kier alpha value is -3.05. The first-order valence-corrected chi connectivity index (χ1v) is 9.81. The van der Waals surface area contributed by atoms with E-state index >= 15 is 0 Å². The smallest absolute Gasteiger partial charge is 0.526 e. The van der Waals surface area contributed by atoms with E-state index in [1.165, 1.54) is 17.8 Å². The molecule has 0 spiro atoms. The average Bonchev–Trinajstić information content (AvgIpc) is 3.13. The third-order valence-electron chi connectivity index (χ3n) is 5.32. The van der Waals surface area contributed by atoms with E-state index in [4.69, 9.17) is 4.65 Å². The van der Waals surface area contributed by atoms with Gasteiger partial charge in [0.25, 0.3) is 5.91 Å². The van der Waals surface area contributed by atoms with Crippen LogP contribution >= 0.6 is 0 Å². The minimum atomic E-state index is -1.19. The Balaban J connectivity index is 1.36. The van der Waals surface area contributed by atoms with Crippen molar-refractivity contribution in [1.29, 1.82) is 0 Å². The van der Waals surface area contributed by atoms with Crippen molar-refractivity contribution in [2.24, 2.45) is 0 Å². The lowest BCUT2D eigenvalue weighted by Crippen LogP contribution is -2.57. The summed E-state index contributed by atoms with van der Waals surface area (Å²) in [6, 6.07) is 5.32. The molecule has 2 aliphatic rings. The van der Waals surface area contributed by atoms with Gasteiger partial charge in [-0.25, -0.2) is 4.68 Å². The summed E-state index contributed by atoms with van der Waals surface area (Å²) in [5.41, 5.74) is 1.36. The molecule has 11 heteroatoms. The maximum atomic E-state index is 12.5. The largest absolute Gasteiger partial charge is 0.535 e. The number of aromatic nitrogens is 3. The highest BCUT2D eigenvalue weighted by Crippen LogP contribution is 2.36. The molecule has 1 fully saturated rings. The molecular formula is C19H22BN5O5. The molecule has 2 aromatic rings. The van der Waals surface area contributed by atoms with Crippen molar-refractivity contribution >= 4 is 24.6 Å². The highest BCUT2D eigenvalue weighted by Gasteiger charge is 2.37. The van der Waals surface area contributed by atoms with Crippen molar-refractivity contribution in [1.82, 2.24) is 25.6 Å². The summed E-state index contributed by atoms with van der Waals surface area (Å²) < 4.78 is 6.88. The second-order valence-corrected chi connectivity index (χ2v) is 7.70. The van der Waals surface area contributed by atoms with Gasteiger partial charge in [0.1, 0.15) is 12.3 Å². The quantitative estimate of drug-likeness (QED) is 0.415. The highest BCUT2D eigenvalue weighted by atomic mass is 16.5. The minimum Gasteiger partial charge on any atom is -0.535 e. The van der Waals surface area contributed by atoms with Crippen LogP contribution in [0, 0.1) is 0 Å². The Labute approximate surface area is 173 Å². The number of fused-ring (bicyclic) bond motifs is 1. The van der Waals surface area contributed by atoms with Gasteiger partial charge in [0.05, 0.1) is 17.8 Å². The molecule has 10 nitrogen and oxygen atoms in total. The number of Topliss-reactive ketones (excluding diaryl/α,β-unsaturated/α-hetero) is 2. The molecule has 2 aliphatic heterocycles. The first-order valence-electron chi connectivity index (χ1n) is 9.81. The molecule has 0 saturated carbocycles. The third-order valence-corrected chi connectivity index (χ3v) is 5.32. The molecule has 1 aromatic heterocycles. The summed E-state index contributed by atoms with van der Waals surface area (Å²) in [6.07, 6.45) is 1.92. The fourth-order valence-electron chi connectivity index (χ4n) is 3.60. The number of hydrogen-bond donors (Lipinski definition) is 3. The van der Waals surface area contributed by atoms with Gasteiger partial charge in [0.2, 0.25) is 0 Å². The molecule has 0 aliphatic carbocycles. The molecule has 3 heterocycles. The van der Waals surface area contributed by atoms with Gasteiger partial charge in [-0.05, 0) is 25.0 Å². The number of para-hydroxylation sites is 1. The molecule has 0 unspecified atom stereocenters. The fourth-order valence-corrected chi connectivity index (χ4v) is 3.60. The monoisotopic (exact) mass is 411 g/mol. The molecule has 0 bridgehead atoms. The minimum absolute atomic E-state index is 0.0607. The summed E-state index contributed by atoms with van der Waals surface area (Å²) in [5, 5.41) is 23.9. The van der Waals surface area contributed by atoms with E-state index in [-0.39, 0.29) is 42.2 Å². The lowest BCUT2D eigenvalue weighted by atomic mass is 9.64. The molecule has 4 rings (SSSR count). The van der Waals surface area contributed by atoms with Crippen molar-refractivity contribution in [2.45, 2.75) is 38.2 Å². The second-order valence-electron chi connectivity index (χ2n) is 7.70. The van der Waals surface area contributed by atoms with E-state index in [0.717, 1.165) is 18.7 Å². The Morgan fingerprint density at radius 3 is 2.87 bits per heavy atom. The lowest BCUT2D eigenvalue weighted by Gasteiger charge is -2.28. The summed E-state index contributed by atoms with van der Waals surface area (Å²) in [5.74, 6) is -0.698. The molecule has 1 atom stereocenters. The first kappa shape index (κ1) is 20.2. The van der Waals surface area contributed by atoms with Crippen molar-refractivity contribution in [2.75, 3.05) is 13.1 Å². The molecule has 3 N–H and O–H groups in total. The van der Waals surface area contributed by atoms with Crippen LogP contribution in [0.2, 0.25) is 5.82 Å². The molecule has 30 heavy (non-hydrogen) atoms. The standard InChI is InChI=1S/C19H22BN5O5/c1-11(26)16-4-2-3-12-5-13(20(29)30-18(12)16)6-15(27)9-25-10-17(23-24-25)19(28)22-14-7-21-8-14/h2-4,10,13-14,21,29H,5-9H2,1H3,(H,22,28)/t13-/m1/s1. The Morgan fingerprint density at radius 1 is 1.37 bits per heavy atom. The van der Waals surface area contributed by atoms with Gasteiger partial charge in [-0.1, -0.05) is 17.3 Å². The number of carbonyl (C=O) groups is 3. The van der Waals surface area contributed by atoms with Gasteiger partial charge < -0.3 is 20.3 Å². The molecule has 156 valence electrons. The number of carbonyl (C=O) groups excluding carboxylic acids is 3. The van der Waals surface area contributed by atoms with E-state index < -0.39 is 12.9 Å². The predicted octanol–water partition coefficient (Wildman–Crippen LogP) is -0.373. The molecule has 0 radical (unpaired) electrons. The number of nitrogens with zero attached hydrogens (tertiary/aromatic N) is 3. The van der Waals surface area contributed by atoms with Crippen molar-refractivity contribution in [3.05, 3.63) is 41.2 Å². The number of rotatable bonds is 7. The van der Waals surface area contributed by atoms with Gasteiger partial charge >= 0.3 is 7.12 Å². The van der Waals surface area contributed by atoms with Crippen LogP contribution in [0.25, 0.3) is 0 Å². The van der Waals surface area contributed by atoms with Crippen LogP contribution in [-0.4, -0.2) is 63.7 Å². The maximum absolute atomic E-state index is 12.5. The summed E-state index contributed by atoms with van der Waals surface area (Å²) in [7, 11) is -1.19. The molecule has 1 aromatic carbocycles. The predicted molar refractivity (Wildman–Crippen MR) is 106 cm³/mol. The zero-order chi connectivity index (χ0) is 21.3. The Kier molecular flexibility index (Phi) is 5.64. The summed E-state index contributed by atoms with van der Waals surface area (Å²) >= 11 is 0. The van der Waals surface area contributed by atoms with Crippen LogP contribution in [0.15, 0.2) is 24.4 Å². The SMILES string of the molecule is CC(=O)c1cccc2c1OB(O)[C@@H](CC(=O)Cn1cc(C(=O)NC3CNC3)nn1)C2. The van der Waals surface area contributed by atoms with Crippen LogP contribution in [0.5, 0.6) is 5.75 Å². The highest BCUT2D eigenvalue weighted by molar-refractivity contribution is 6.47. The van der Waals surface area contributed by atoms with Crippen LogP contribution in [0.1, 0.15) is 39.8 Å². The molecule has 1 amide bonds. The Morgan fingerprint density at radius 2 is 2.17 bits per heavy atom. The van der Waals surface area contributed by atoms with Crippen LogP contribution < -0.4 is 15.3 Å². The van der Waals surface area contributed by atoms with E-state index in [0.29, 0.717) is 17.7 Å². The van der Waals surface area contributed by atoms with Crippen molar-refractivity contribution in [3.8, 4) is 5.75 Å². The zero-order valence-corrected chi connectivity index (χ0v) is 16.5. The lowest BCUT2D eigenvalue weighted by molar-refractivity contribution is -0.120. The van der Waals surface area contributed by atoms with E-state index in [2.05, 4.69) is 20.9 Å². The first-order chi connectivity index (χ1) is 14.4. The maximum Gasteiger partial charge on any atom is 0.526 e. The zero-order valence-electron chi connectivity index (χ0n) is 16.5. The average molecular weight is 411 g/mol. The molecule has 1 saturated heterocycles. The van der Waals surface area contributed by atoms with Crippen LogP contribution in [-0.2, 0) is 17.8 Å².